The Bertz CT molecular complexity index is 707. The van der Waals surface area contributed by atoms with E-state index in [1.54, 1.807) is 6.26 Å². The van der Waals surface area contributed by atoms with Gasteiger partial charge in [-0.1, -0.05) is 97.2 Å². The molecule has 1 aromatic rings. The van der Waals surface area contributed by atoms with Gasteiger partial charge in [-0.2, -0.15) is 12.7 Å². The third-order valence-electron chi connectivity index (χ3n) is 7.21. The van der Waals surface area contributed by atoms with Gasteiger partial charge in [0.2, 0.25) is 0 Å². The highest BCUT2D eigenvalue weighted by Gasteiger charge is 2.36. The summed E-state index contributed by atoms with van der Waals surface area (Å²) in [4.78, 5) is 0. The fourth-order valence-corrected chi connectivity index (χ4v) is 9.19. The number of rotatable bonds is 17. The monoisotopic (exact) mass is 473 g/mol. The van der Waals surface area contributed by atoms with Gasteiger partial charge in [0.05, 0.1) is 17.7 Å². The molecule has 0 spiro atoms. The summed E-state index contributed by atoms with van der Waals surface area (Å²) in [5.41, 5.74) is 0.836. The SMILES string of the molecule is CCCCCCCCCCC(C)N(C(C)c1coc([Si](CC)(CC)CC)c1)S(=O)(=O)O. The molecular weight excluding hydrogens is 426 g/mol. The molecule has 1 heterocycles. The van der Waals surface area contributed by atoms with E-state index < -0.39 is 24.4 Å². The number of unbranched alkanes of at least 4 members (excludes halogenated alkanes) is 7. The summed E-state index contributed by atoms with van der Waals surface area (Å²) in [6, 6.07) is 4.67. The Balaban J connectivity index is 2.77. The van der Waals surface area contributed by atoms with Gasteiger partial charge in [0.1, 0.15) is 8.07 Å². The highest BCUT2D eigenvalue weighted by Crippen LogP contribution is 2.29. The van der Waals surface area contributed by atoms with Crippen molar-refractivity contribution < 1.29 is 17.4 Å². The molecule has 0 aliphatic carbocycles. The lowest BCUT2D eigenvalue weighted by atomic mass is 10.0. The van der Waals surface area contributed by atoms with Crippen molar-refractivity contribution in [3.8, 4) is 0 Å². The van der Waals surface area contributed by atoms with Gasteiger partial charge in [0.25, 0.3) is 0 Å². The fraction of sp³-hybridized carbons (Fsp3) is 0.833. The fourth-order valence-electron chi connectivity index (χ4n) is 4.78. The Morgan fingerprint density at radius 3 is 1.94 bits per heavy atom. The Morgan fingerprint density at radius 1 is 0.935 bits per heavy atom. The minimum absolute atomic E-state index is 0.256. The Morgan fingerprint density at radius 2 is 1.45 bits per heavy atom. The van der Waals surface area contributed by atoms with Gasteiger partial charge in [-0.3, -0.25) is 4.55 Å². The average molecular weight is 474 g/mol. The van der Waals surface area contributed by atoms with E-state index in [4.69, 9.17) is 4.42 Å². The molecular formula is C24H47NO4SSi. The predicted molar refractivity (Wildman–Crippen MR) is 134 cm³/mol. The van der Waals surface area contributed by atoms with Gasteiger partial charge >= 0.3 is 10.3 Å². The van der Waals surface area contributed by atoms with E-state index >= 15 is 0 Å². The van der Waals surface area contributed by atoms with Crippen molar-refractivity contribution in [3.05, 3.63) is 17.9 Å². The normalized spacial score (nSPS) is 14.8. The van der Waals surface area contributed by atoms with Crippen molar-refractivity contribution in [1.82, 2.24) is 4.31 Å². The average Bonchev–Trinajstić information content (AvgIpc) is 3.21. The van der Waals surface area contributed by atoms with Crippen molar-refractivity contribution in [2.24, 2.45) is 0 Å². The molecule has 5 nitrogen and oxygen atoms in total. The first-order valence-corrected chi connectivity index (χ1v) is 16.5. The quantitative estimate of drug-likeness (QED) is 0.149. The van der Waals surface area contributed by atoms with Crippen LogP contribution in [0.1, 0.15) is 111 Å². The van der Waals surface area contributed by atoms with Crippen molar-refractivity contribution in [1.29, 1.82) is 0 Å². The zero-order chi connectivity index (χ0) is 23.5. The molecule has 31 heavy (non-hydrogen) atoms. The van der Waals surface area contributed by atoms with Crippen LogP contribution in [0.3, 0.4) is 0 Å². The second kappa shape index (κ2) is 13.8. The highest BCUT2D eigenvalue weighted by atomic mass is 32.2. The van der Waals surface area contributed by atoms with E-state index in [0.717, 1.165) is 48.3 Å². The first-order chi connectivity index (χ1) is 14.7. The first kappa shape index (κ1) is 28.4. The molecule has 0 bridgehead atoms. The minimum Gasteiger partial charge on any atom is -0.474 e. The summed E-state index contributed by atoms with van der Waals surface area (Å²) in [5, 5.41) is 1.05. The summed E-state index contributed by atoms with van der Waals surface area (Å²) in [5.74, 6) is 0. The maximum absolute atomic E-state index is 12.3. The third-order valence-corrected chi connectivity index (χ3v) is 13.8. The smallest absolute Gasteiger partial charge is 0.336 e. The minimum atomic E-state index is -4.31. The van der Waals surface area contributed by atoms with Crippen molar-refractivity contribution in [3.63, 3.8) is 0 Å². The van der Waals surface area contributed by atoms with E-state index in [0.29, 0.717) is 0 Å². The van der Waals surface area contributed by atoms with Crippen LogP contribution in [0.25, 0.3) is 0 Å². The van der Waals surface area contributed by atoms with Gasteiger partial charge in [-0.05, 0) is 26.3 Å². The third kappa shape index (κ3) is 8.34. The predicted octanol–water partition coefficient (Wildman–Crippen LogP) is 7.08. The van der Waals surface area contributed by atoms with E-state index in [9.17, 15) is 13.0 Å². The number of hydrogen-bond donors (Lipinski definition) is 1. The molecule has 0 fully saturated rings. The van der Waals surface area contributed by atoms with Crippen LogP contribution in [0.15, 0.2) is 16.7 Å². The maximum atomic E-state index is 12.3. The Kier molecular flexibility index (Phi) is 12.7. The molecule has 182 valence electrons. The number of hydrogen-bond acceptors (Lipinski definition) is 3. The number of furan rings is 1. The molecule has 0 amide bonds. The molecule has 0 saturated carbocycles. The molecule has 0 aromatic carbocycles. The molecule has 2 atom stereocenters. The standard InChI is InChI=1S/C24H47NO4SSi/c1-7-11-12-13-14-15-16-17-18-21(5)25(30(26,27)28)22(6)23-19-24(29-20-23)31(8-2,9-3)10-4/h19-22H,7-18H2,1-6H3,(H,26,27,28). The number of nitrogens with zero attached hydrogens (tertiary/aromatic N) is 1. The molecule has 0 aliphatic rings. The topological polar surface area (TPSA) is 70.8 Å². The maximum Gasteiger partial charge on any atom is 0.336 e. The van der Waals surface area contributed by atoms with Gasteiger partial charge in [0.15, 0.2) is 0 Å². The van der Waals surface area contributed by atoms with Crippen LogP contribution in [0, 0.1) is 0 Å². The van der Waals surface area contributed by atoms with Crippen molar-refractivity contribution >= 4 is 23.8 Å². The molecule has 1 rings (SSSR count). The lowest BCUT2D eigenvalue weighted by Crippen LogP contribution is -2.45. The van der Waals surface area contributed by atoms with Crippen LogP contribution in [0.5, 0.6) is 0 Å². The van der Waals surface area contributed by atoms with Gasteiger partial charge in [0, 0.05) is 11.6 Å². The largest absolute Gasteiger partial charge is 0.474 e. The molecule has 0 saturated heterocycles. The first-order valence-electron chi connectivity index (χ1n) is 12.5. The lowest BCUT2D eigenvalue weighted by molar-refractivity contribution is 0.234. The van der Waals surface area contributed by atoms with Crippen LogP contribution in [0.2, 0.25) is 18.1 Å². The molecule has 1 aromatic heterocycles. The second-order valence-corrected chi connectivity index (χ2v) is 15.7. The summed E-state index contributed by atoms with van der Waals surface area (Å²) < 4.78 is 41.7. The van der Waals surface area contributed by atoms with Crippen LogP contribution in [-0.4, -0.2) is 31.4 Å². The van der Waals surface area contributed by atoms with Crippen molar-refractivity contribution in [2.75, 3.05) is 0 Å². The summed E-state index contributed by atoms with van der Waals surface area (Å²) >= 11 is 0. The molecule has 1 N–H and O–H groups in total. The van der Waals surface area contributed by atoms with Crippen molar-refractivity contribution in [2.45, 2.75) is 130 Å². The highest BCUT2D eigenvalue weighted by molar-refractivity contribution is 7.83. The van der Waals surface area contributed by atoms with Gasteiger partial charge in [-0.15, -0.1) is 0 Å². The Hall–Kier alpha value is -0.633. The van der Waals surface area contributed by atoms with Crippen LogP contribution >= 0.6 is 0 Å². The van der Waals surface area contributed by atoms with E-state index in [1.165, 1.54) is 42.8 Å². The van der Waals surface area contributed by atoms with E-state index in [1.807, 2.05) is 13.8 Å². The van der Waals surface area contributed by atoms with E-state index in [-0.39, 0.29) is 6.04 Å². The van der Waals surface area contributed by atoms with Gasteiger partial charge < -0.3 is 4.42 Å². The van der Waals surface area contributed by atoms with E-state index in [2.05, 4.69) is 33.8 Å². The molecule has 2 unspecified atom stereocenters. The summed E-state index contributed by atoms with van der Waals surface area (Å²) in [6.45, 7) is 12.6. The van der Waals surface area contributed by atoms with Crippen LogP contribution < -0.4 is 5.38 Å². The molecule has 7 heteroatoms. The zero-order valence-corrected chi connectivity index (χ0v) is 22.6. The molecule has 0 aliphatic heterocycles. The lowest BCUT2D eigenvalue weighted by Gasteiger charge is -2.30. The van der Waals surface area contributed by atoms with Crippen LogP contribution in [-0.2, 0) is 10.3 Å². The summed E-state index contributed by atoms with van der Waals surface area (Å²) in [6.07, 6.45) is 12.2. The Labute approximate surface area is 192 Å². The molecule has 0 radical (unpaired) electrons. The second-order valence-electron chi connectivity index (χ2n) is 9.18. The van der Waals surface area contributed by atoms with Crippen LogP contribution in [0.4, 0.5) is 0 Å². The summed E-state index contributed by atoms with van der Waals surface area (Å²) in [7, 11) is -5.98. The van der Waals surface area contributed by atoms with Gasteiger partial charge in [-0.25, -0.2) is 0 Å². The zero-order valence-electron chi connectivity index (χ0n) is 20.8.